The zero-order valence-electron chi connectivity index (χ0n) is 10.5. The van der Waals surface area contributed by atoms with Gasteiger partial charge in [0.1, 0.15) is 0 Å². The van der Waals surface area contributed by atoms with Crippen LogP contribution in [0.1, 0.15) is 25.8 Å². The van der Waals surface area contributed by atoms with Gasteiger partial charge in [0, 0.05) is 0 Å². The van der Waals surface area contributed by atoms with Crippen molar-refractivity contribution in [1.82, 2.24) is 0 Å². The summed E-state index contributed by atoms with van der Waals surface area (Å²) in [5.41, 5.74) is -1.17. The van der Waals surface area contributed by atoms with Gasteiger partial charge in [-0.2, -0.15) is 13.2 Å². The first-order valence-electron chi connectivity index (χ1n) is 5.65. The van der Waals surface area contributed by atoms with E-state index in [1.165, 1.54) is 19.9 Å². The Morgan fingerprint density at radius 1 is 1.21 bits per heavy atom. The first kappa shape index (κ1) is 16.0. The summed E-state index contributed by atoms with van der Waals surface area (Å²) in [6.45, 7) is 2.68. The lowest BCUT2D eigenvalue weighted by molar-refractivity contribution is -0.139. The van der Waals surface area contributed by atoms with Crippen molar-refractivity contribution in [3.05, 3.63) is 29.8 Å². The van der Waals surface area contributed by atoms with Gasteiger partial charge in [0.15, 0.2) is 9.84 Å². The van der Waals surface area contributed by atoms with E-state index in [4.69, 9.17) is 0 Å². The Hall–Kier alpha value is -1.08. The molecule has 7 heteroatoms. The van der Waals surface area contributed by atoms with Gasteiger partial charge in [-0.05, 0) is 32.4 Å². The minimum absolute atomic E-state index is 0.117. The van der Waals surface area contributed by atoms with Gasteiger partial charge in [0.05, 0.1) is 21.8 Å². The number of aliphatic hydroxyl groups is 1. The van der Waals surface area contributed by atoms with Crippen molar-refractivity contribution in [3.63, 3.8) is 0 Å². The van der Waals surface area contributed by atoms with E-state index in [0.29, 0.717) is 0 Å². The van der Waals surface area contributed by atoms with Crippen LogP contribution in [0.4, 0.5) is 13.2 Å². The quantitative estimate of drug-likeness (QED) is 0.929. The molecule has 0 aliphatic rings. The van der Waals surface area contributed by atoms with E-state index >= 15 is 0 Å². The van der Waals surface area contributed by atoms with Crippen LogP contribution in [-0.4, -0.2) is 24.9 Å². The predicted octanol–water partition coefficient (Wildman–Crippen LogP) is 2.64. The molecule has 0 bridgehead atoms. The third-order valence-corrected chi connectivity index (χ3v) is 4.92. The van der Waals surface area contributed by atoms with Crippen molar-refractivity contribution in [2.75, 3.05) is 0 Å². The standard InChI is InChI=1S/C12H15F3O3S/c1-8(16)7-9(2)19(17,18)11-6-4-3-5-10(11)12(13,14)15/h3-6,8-9,16H,7H2,1-2H3. The predicted molar refractivity (Wildman–Crippen MR) is 64.4 cm³/mol. The summed E-state index contributed by atoms with van der Waals surface area (Å²) in [7, 11) is -4.13. The van der Waals surface area contributed by atoms with E-state index in [-0.39, 0.29) is 6.42 Å². The van der Waals surface area contributed by atoms with Crippen LogP contribution in [0.25, 0.3) is 0 Å². The van der Waals surface area contributed by atoms with Gasteiger partial charge in [-0.3, -0.25) is 0 Å². The van der Waals surface area contributed by atoms with Crippen LogP contribution in [0.2, 0.25) is 0 Å². The van der Waals surface area contributed by atoms with E-state index in [0.717, 1.165) is 18.2 Å². The molecule has 108 valence electrons. The Kier molecular flexibility index (Phi) is 4.63. The lowest BCUT2D eigenvalue weighted by Crippen LogP contribution is -2.25. The van der Waals surface area contributed by atoms with Crippen LogP contribution < -0.4 is 0 Å². The van der Waals surface area contributed by atoms with Gasteiger partial charge in [0.25, 0.3) is 0 Å². The average molecular weight is 296 g/mol. The number of hydrogen-bond donors (Lipinski definition) is 1. The summed E-state index contributed by atoms with van der Waals surface area (Å²) in [6, 6.07) is 4.07. The highest BCUT2D eigenvalue weighted by molar-refractivity contribution is 7.92. The highest BCUT2D eigenvalue weighted by Gasteiger charge is 2.38. The van der Waals surface area contributed by atoms with Crippen LogP contribution in [0.5, 0.6) is 0 Å². The van der Waals surface area contributed by atoms with Gasteiger partial charge in [-0.25, -0.2) is 8.42 Å². The second-order valence-corrected chi connectivity index (χ2v) is 6.77. The van der Waals surface area contributed by atoms with Crippen molar-refractivity contribution in [2.45, 2.75) is 42.7 Å². The molecule has 19 heavy (non-hydrogen) atoms. The maximum atomic E-state index is 12.8. The molecule has 0 radical (unpaired) electrons. The molecule has 3 nitrogen and oxygen atoms in total. The maximum Gasteiger partial charge on any atom is 0.417 e. The van der Waals surface area contributed by atoms with E-state index in [2.05, 4.69) is 0 Å². The summed E-state index contributed by atoms with van der Waals surface area (Å²) >= 11 is 0. The summed E-state index contributed by atoms with van der Waals surface area (Å²) in [5, 5.41) is 8.09. The zero-order chi connectivity index (χ0) is 14.8. The average Bonchev–Trinajstić information content (AvgIpc) is 2.27. The molecule has 1 rings (SSSR count). The molecule has 0 saturated heterocycles. The second-order valence-electron chi connectivity index (χ2n) is 4.43. The minimum Gasteiger partial charge on any atom is -0.393 e. The molecule has 1 aromatic rings. The lowest BCUT2D eigenvalue weighted by Gasteiger charge is -2.18. The first-order valence-corrected chi connectivity index (χ1v) is 7.19. The lowest BCUT2D eigenvalue weighted by atomic mass is 10.2. The number of sulfone groups is 1. The smallest absolute Gasteiger partial charge is 0.393 e. The highest BCUT2D eigenvalue weighted by Crippen LogP contribution is 2.35. The molecule has 0 spiro atoms. The van der Waals surface area contributed by atoms with Crippen molar-refractivity contribution in [2.24, 2.45) is 0 Å². The summed E-state index contributed by atoms with van der Waals surface area (Å²) in [5.74, 6) is 0. The Morgan fingerprint density at radius 2 is 1.74 bits per heavy atom. The highest BCUT2D eigenvalue weighted by atomic mass is 32.2. The van der Waals surface area contributed by atoms with E-state index < -0.39 is 37.8 Å². The molecule has 0 aliphatic carbocycles. The Labute approximate surface area is 110 Å². The topological polar surface area (TPSA) is 54.4 Å². The summed E-state index contributed by atoms with van der Waals surface area (Å²) in [4.78, 5) is -0.740. The normalized spacial score (nSPS) is 16.1. The SMILES string of the molecule is CC(O)CC(C)S(=O)(=O)c1ccccc1C(F)(F)F. The van der Waals surface area contributed by atoms with Crippen LogP contribution >= 0.6 is 0 Å². The monoisotopic (exact) mass is 296 g/mol. The van der Waals surface area contributed by atoms with Gasteiger partial charge in [-0.1, -0.05) is 12.1 Å². The van der Waals surface area contributed by atoms with Gasteiger partial charge < -0.3 is 5.11 Å². The summed E-state index contributed by atoms with van der Waals surface area (Å²) < 4.78 is 62.6. The Balaban J connectivity index is 3.30. The van der Waals surface area contributed by atoms with Crippen LogP contribution in [0.15, 0.2) is 29.2 Å². The Morgan fingerprint density at radius 3 is 2.21 bits per heavy atom. The molecule has 0 aromatic heterocycles. The van der Waals surface area contributed by atoms with Crippen molar-refractivity contribution < 1.29 is 26.7 Å². The molecule has 0 amide bonds. The molecular formula is C12H15F3O3S. The number of rotatable bonds is 4. The fraction of sp³-hybridized carbons (Fsp3) is 0.500. The number of aliphatic hydroxyl groups excluding tert-OH is 1. The van der Waals surface area contributed by atoms with Gasteiger partial charge >= 0.3 is 6.18 Å². The minimum atomic E-state index is -4.73. The second kappa shape index (κ2) is 5.50. The maximum absolute atomic E-state index is 12.8. The number of halogens is 3. The molecule has 2 atom stereocenters. The molecule has 0 saturated carbocycles. The van der Waals surface area contributed by atoms with Gasteiger partial charge in [0.2, 0.25) is 0 Å². The van der Waals surface area contributed by atoms with Crippen LogP contribution in [0, 0.1) is 0 Å². The van der Waals surface area contributed by atoms with E-state index in [1.807, 2.05) is 0 Å². The van der Waals surface area contributed by atoms with Crippen molar-refractivity contribution in [1.29, 1.82) is 0 Å². The first-order chi connectivity index (χ1) is 8.56. The van der Waals surface area contributed by atoms with E-state index in [1.54, 1.807) is 0 Å². The number of hydrogen-bond acceptors (Lipinski definition) is 3. The molecule has 1 N–H and O–H groups in total. The molecule has 1 aromatic carbocycles. The number of benzene rings is 1. The fourth-order valence-electron chi connectivity index (χ4n) is 1.77. The Bertz CT molecular complexity index is 535. The third kappa shape index (κ3) is 3.70. The number of alkyl halides is 3. The molecular weight excluding hydrogens is 281 g/mol. The fourth-order valence-corrected chi connectivity index (χ4v) is 3.50. The zero-order valence-corrected chi connectivity index (χ0v) is 11.3. The van der Waals surface area contributed by atoms with E-state index in [9.17, 15) is 26.7 Å². The summed E-state index contributed by atoms with van der Waals surface area (Å²) in [6.07, 6.45) is -5.74. The third-order valence-electron chi connectivity index (χ3n) is 2.70. The van der Waals surface area contributed by atoms with Crippen LogP contribution in [-0.2, 0) is 16.0 Å². The van der Waals surface area contributed by atoms with Crippen molar-refractivity contribution >= 4 is 9.84 Å². The molecule has 0 fully saturated rings. The van der Waals surface area contributed by atoms with Gasteiger partial charge in [-0.15, -0.1) is 0 Å². The van der Waals surface area contributed by atoms with Crippen LogP contribution in [0.3, 0.4) is 0 Å². The molecule has 0 heterocycles. The van der Waals surface area contributed by atoms with Crippen molar-refractivity contribution in [3.8, 4) is 0 Å². The molecule has 0 aliphatic heterocycles. The largest absolute Gasteiger partial charge is 0.417 e. The molecule has 2 unspecified atom stereocenters.